The topological polar surface area (TPSA) is 46.5 Å². The number of aromatic nitrogens is 4. The third-order valence-electron chi connectivity index (χ3n) is 3.59. The molecule has 0 aliphatic rings. The molecule has 5 heteroatoms. The molecule has 21 heavy (non-hydrogen) atoms. The Hall–Kier alpha value is -1.49. The van der Waals surface area contributed by atoms with Gasteiger partial charge in [0.1, 0.15) is 0 Å². The average molecular weight is 304 g/mol. The van der Waals surface area contributed by atoms with Crippen LogP contribution < -0.4 is 0 Å². The van der Waals surface area contributed by atoms with Crippen LogP contribution in [0.25, 0.3) is 11.4 Å². The number of hydrogen-bond acceptors (Lipinski definition) is 3. The minimum absolute atomic E-state index is 0.0518. The van der Waals surface area contributed by atoms with E-state index in [-0.39, 0.29) is 5.41 Å². The van der Waals surface area contributed by atoms with Crippen molar-refractivity contribution in [2.24, 2.45) is 0 Å². The van der Waals surface area contributed by atoms with Crippen molar-refractivity contribution in [3.8, 4) is 11.4 Å². The van der Waals surface area contributed by atoms with Crippen molar-refractivity contribution in [3.05, 3.63) is 28.3 Å². The highest BCUT2D eigenvalue weighted by Crippen LogP contribution is 2.26. The van der Waals surface area contributed by atoms with Crippen LogP contribution in [-0.2, 0) is 12.0 Å². The number of H-pyrrole nitrogens is 1. The van der Waals surface area contributed by atoms with E-state index in [0.717, 1.165) is 42.2 Å². The Morgan fingerprint density at radius 2 is 2.00 bits per heavy atom. The van der Waals surface area contributed by atoms with Crippen molar-refractivity contribution < 1.29 is 0 Å². The summed E-state index contributed by atoms with van der Waals surface area (Å²) in [6, 6.07) is 4.19. The van der Waals surface area contributed by atoms with Gasteiger partial charge in [0.25, 0.3) is 0 Å². The maximum atomic E-state index is 5.34. The molecule has 0 atom stereocenters. The zero-order valence-electron chi connectivity index (χ0n) is 13.5. The van der Waals surface area contributed by atoms with Gasteiger partial charge < -0.3 is 4.57 Å². The lowest BCUT2D eigenvalue weighted by Crippen LogP contribution is -2.14. The van der Waals surface area contributed by atoms with Crippen molar-refractivity contribution in [1.29, 1.82) is 0 Å². The minimum atomic E-state index is 0.0518. The maximum Gasteiger partial charge on any atom is 0.195 e. The molecule has 0 saturated carbocycles. The molecule has 0 fully saturated rings. The predicted octanol–water partition coefficient (Wildman–Crippen LogP) is 4.41. The molecule has 0 aromatic carbocycles. The van der Waals surface area contributed by atoms with E-state index in [0.29, 0.717) is 4.77 Å². The van der Waals surface area contributed by atoms with Gasteiger partial charge in [-0.05, 0) is 37.7 Å². The second-order valence-corrected chi connectivity index (χ2v) is 6.82. The maximum absolute atomic E-state index is 5.34. The van der Waals surface area contributed by atoms with Gasteiger partial charge >= 0.3 is 0 Å². The first kappa shape index (κ1) is 15.9. The third-order valence-corrected chi connectivity index (χ3v) is 3.90. The monoisotopic (exact) mass is 304 g/mol. The summed E-state index contributed by atoms with van der Waals surface area (Å²) in [5.74, 6) is 0.888. The Morgan fingerprint density at radius 1 is 1.29 bits per heavy atom. The summed E-state index contributed by atoms with van der Waals surface area (Å²) in [5, 5.41) is 7.30. The van der Waals surface area contributed by atoms with Gasteiger partial charge in [-0.25, -0.2) is 0 Å². The molecule has 0 bridgehead atoms. The van der Waals surface area contributed by atoms with E-state index in [2.05, 4.69) is 54.6 Å². The van der Waals surface area contributed by atoms with Gasteiger partial charge in [0.2, 0.25) is 0 Å². The summed E-state index contributed by atoms with van der Waals surface area (Å²) in [6.45, 7) is 11.6. The highest BCUT2D eigenvalue weighted by atomic mass is 32.1. The zero-order chi connectivity index (χ0) is 15.6. The van der Waals surface area contributed by atoms with Gasteiger partial charge in [-0.3, -0.25) is 10.1 Å². The number of unbranched alkanes of at least 4 members (excludes halogenated alkanes) is 1. The van der Waals surface area contributed by atoms with Crippen molar-refractivity contribution in [1.82, 2.24) is 19.7 Å². The first-order chi connectivity index (χ1) is 9.84. The molecule has 2 heterocycles. The Bertz CT molecular complexity index is 676. The Labute approximate surface area is 131 Å². The van der Waals surface area contributed by atoms with Crippen molar-refractivity contribution >= 4 is 12.2 Å². The molecule has 0 radical (unpaired) electrons. The van der Waals surface area contributed by atoms with E-state index in [4.69, 9.17) is 17.2 Å². The summed E-state index contributed by atoms with van der Waals surface area (Å²) >= 11 is 5.34. The summed E-state index contributed by atoms with van der Waals surface area (Å²) in [5.41, 5.74) is 3.19. The lowest BCUT2D eigenvalue weighted by atomic mass is 9.91. The number of nitrogens with zero attached hydrogens (tertiary/aromatic N) is 3. The Balaban J connectivity index is 2.46. The first-order valence-corrected chi connectivity index (χ1v) is 7.89. The molecule has 114 valence electrons. The van der Waals surface area contributed by atoms with Gasteiger partial charge in [-0.1, -0.05) is 34.1 Å². The number of pyridine rings is 1. The van der Waals surface area contributed by atoms with Crippen LogP contribution in [0.4, 0.5) is 0 Å². The lowest BCUT2D eigenvalue weighted by Gasteiger charge is -2.19. The molecule has 4 nitrogen and oxygen atoms in total. The van der Waals surface area contributed by atoms with Crippen molar-refractivity contribution in [2.45, 2.75) is 59.4 Å². The third kappa shape index (κ3) is 3.40. The van der Waals surface area contributed by atoms with E-state index < -0.39 is 0 Å². The van der Waals surface area contributed by atoms with Crippen LogP contribution in [-0.4, -0.2) is 19.7 Å². The molecular formula is C16H24N4S. The fourth-order valence-electron chi connectivity index (χ4n) is 2.26. The highest BCUT2D eigenvalue weighted by Gasteiger charge is 2.18. The average Bonchev–Trinajstić information content (AvgIpc) is 2.76. The summed E-state index contributed by atoms with van der Waals surface area (Å²) < 4.78 is 2.75. The van der Waals surface area contributed by atoms with E-state index in [1.807, 2.05) is 6.92 Å². The Kier molecular flexibility index (Phi) is 4.61. The molecule has 0 spiro atoms. The van der Waals surface area contributed by atoms with E-state index in [9.17, 15) is 0 Å². The summed E-state index contributed by atoms with van der Waals surface area (Å²) in [4.78, 5) is 4.75. The number of nitrogens with one attached hydrogen (secondary N) is 1. The van der Waals surface area contributed by atoms with Gasteiger partial charge in [-0.15, -0.1) is 0 Å². The number of aryl methyl sites for hydroxylation is 1. The second kappa shape index (κ2) is 6.10. The van der Waals surface area contributed by atoms with Crippen LogP contribution in [0.5, 0.6) is 0 Å². The van der Waals surface area contributed by atoms with Gasteiger partial charge in [0.05, 0.1) is 0 Å². The Morgan fingerprint density at radius 3 is 2.57 bits per heavy atom. The van der Waals surface area contributed by atoms with Crippen LogP contribution in [0.15, 0.2) is 12.1 Å². The minimum Gasteiger partial charge on any atom is -0.300 e. The van der Waals surface area contributed by atoms with Crippen LogP contribution in [0.2, 0.25) is 0 Å². The largest absolute Gasteiger partial charge is 0.300 e. The van der Waals surface area contributed by atoms with Gasteiger partial charge in [0.15, 0.2) is 10.6 Å². The van der Waals surface area contributed by atoms with Gasteiger partial charge in [-0.2, -0.15) is 5.10 Å². The fraction of sp³-hybridized carbons (Fsp3) is 0.562. The molecule has 1 N–H and O–H groups in total. The molecular weight excluding hydrogens is 280 g/mol. The van der Waals surface area contributed by atoms with Crippen molar-refractivity contribution in [2.75, 3.05) is 0 Å². The highest BCUT2D eigenvalue weighted by molar-refractivity contribution is 7.71. The number of rotatable bonds is 4. The molecule has 2 rings (SSSR count). The molecule has 0 amide bonds. The van der Waals surface area contributed by atoms with E-state index in [1.165, 1.54) is 0 Å². The van der Waals surface area contributed by atoms with Crippen LogP contribution in [0.3, 0.4) is 0 Å². The molecule has 0 saturated heterocycles. The lowest BCUT2D eigenvalue weighted by molar-refractivity contribution is 0.567. The number of aromatic amines is 1. The summed E-state index contributed by atoms with van der Waals surface area (Å²) in [7, 11) is 0. The smallest absolute Gasteiger partial charge is 0.195 e. The molecule has 2 aromatic heterocycles. The fourth-order valence-corrected chi connectivity index (χ4v) is 2.49. The summed E-state index contributed by atoms with van der Waals surface area (Å²) in [6.07, 6.45) is 2.22. The first-order valence-electron chi connectivity index (χ1n) is 7.48. The second-order valence-electron chi connectivity index (χ2n) is 6.44. The normalized spacial score (nSPS) is 11.9. The van der Waals surface area contributed by atoms with Crippen LogP contribution in [0, 0.1) is 11.7 Å². The molecule has 2 aromatic rings. The van der Waals surface area contributed by atoms with Crippen molar-refractivity contribution in [3.63, 3.8) is 0 Å². The van der Waals surface area contributed by atoms with E-state index in [1.54, 1.807) is 0 Å². The van der Waals surface area contributed by atoms with Crippen LogP contribution in [0.1, 0.15) is 51.9 Å². The van der Waals surface area contributed by atoms with Gasteiger partial charge in [0, 0.05) is 28.9 Å². The number of hydrogen-bond donors (Lipinski definition) is 1. The van der Waals surface area contributed by atoms with E-state index >= 15 is 0 Å². The van der Waals surface area contributed by atoms with Crippen LogP contribution >= 0.6 is 12.2 Å². The standard InChI is InChI=1S/C16H24N4S/c1-6-7-10-20-14(18-19-15(20)21)12-8-9-13(16(3,4)5)17-11(12)2/h8-9H,6-7,10H2,1-5H3,(H,19,21). The molecule has 0 aliphatic carbocycles. The predicted molar refractivity (Wildman–Crippen MR) is 89.0 cm³/mol. The quantitative estimate of drug-likeness (QED) is 0.851. The molecule has 0 unspecified atom stereocenters. The zero-order valence-corrected chi connectivity index (χ0v) is 14.3. The SMILES string of the molecule is CCCCn1c(-c2ccc(C(C)(C)C)nc2C)n[nH]c1=S. The molecule has 0 aliphatic heterocycles.